The molecule has 0 radical (unpaired) electrons. The highest BCUT2D eigenvalue weighted by Crippen LogP contribution is 2.30. The van der Waals surface area contributed by atoms with Gasteiger partial charge in [-0.15, -0.1) is 0 Å². The number of nitrogens with one attached hydrogen (secondary N) is 1. The lowest BCUT2D eigenvalue weighted by molar-refractivity contribution is -0.138. The Morgan fingerprint density at radius 1 is 1.27 bits per heavy atom. The number of anilines is 2. The second-order valence-corrected chi connectivity index (χ2v) is 7.30. The Hall–Kier alpha value is -3.00. The third-order valence-electron chi connectivity index (χ3n) is 4.71. The maximum Gasteiger partial charge on any atom is 0.330 e. The van der Waals surface area contributed by atoms with Crippen molar-refractivity contribution in [3.8, 4) is 5.75 Å². The first-order valence-electron chi connectivity index (χ1n) is 9.91. The van der Waals surface area contributed by atoms with Crippen LogP contribution in [0.5, 0.6) is 5.75 Å². The molecule has 0 aliphatic rings. The van der Waals surface area contributed by atoms with Crippen molar-refractivity contribution in [3.05, 3.63) is 47.1 Å². The number of hydrogen-bond donors (Lipinski definition) is 2. The molecule has 30 heavy (non-hydrogen) atoms. The minimum Gasteiger partial charge on any atom is -0.497 e. The fourth-order valence-electron chi connectivity index (χ4n) is 3.37. The molecule has 0 fully saturated rings. The number of aliphatic carboxylic acids is 1. The highest BCUT2D eigenvalue weighted by atomic mass is 35.5. The van der Waals surface area contributed by atoms with Crippen LogP contribution in [0.3, 0.4) is 0 Å². The van der Waals surface area contributed by atoms with Crippen LogP contribution in [-0.2, 0) is 4.79 Å². The van der Waals surface area contributed by atoms with Gasteiger partial charge in [-0.25, -0.2) is 9.78 Å². The van der Waals surface area contributed by atoms with Crippen molar-refractivity contribution in [2.24, 2.45) is 0 Å². The van der Waals surface area contributed by atoms with E-state index in [4.69, 9.17) is 16.3 Å². The zero-order valence-electron chi connectivity index (χ0n) is 17.3. The van der Waals surface area contributed by atoms with Crippen molar-refractivity contribution >= 4 is 34.9 Å². The SMILES string of the molecule is CCCN(CCC)c1cc(NC(C(=O)O)c2ccc(OC)cc2Cl)nc2ccnn12. The van der Waals surface area contributed by atoms with Crippen LogP contribution in [0.15, 0.2) is 36.5 Å². The number of halogens is 1. The lowest BCUT2D eigenvalue weighted by Gasteiger charge is -2.25. The maximum atomic E-state index is 12.0. The number of hydrogen-bond acceptors (Lipinski definition) is 6. The van der Waals surface area contributed by atoms with Crippen LogP contribution in [0, 0.1) is 0 Å². The highest BCUT2D eigenvalue weighted by Gasteiger charge is 2.24. The van der Waals surface area contributed by atoms with E-state index >= 15 is 0 Å². The molecule has 3 rings (SSSR count). The zero-order valence-corrected chi connectivity index (χ0v) is 18.1. The molecule has 2 heterocycles. The number of carboxylic acid groups (broad SMARTS) is 1. The van der Waals surface area contributed by atoms with Gasteiger partial charge in [0.15, 0.2) is 11.7 Å². The predicted molar refractivity (Wildman–Crippen MR) is 118 cm³/mol. The zero-order chi connectivity index (χ0) is 21.7. The maximum absolute atomic E-state index is 12.0. The topological polar surface area (TPSA) is 92.0 Å². The van der Waals surface area contributed by atoms with Crippen LogP contribution >= 0.6 is 11.6 Å². The van der Waals surface area contributed by atoms with E-state index in [-0.39, 0.29) is 0 Å². The number of carbonyl (C=O) groups is 1. The molecule has 1 atom stereocenters. The van der Waals surface area contributed by atoms with Crippen LogP contribution in [-0.4, -0.2) is 45.9 Å². The fourth-order valence-corrected chi connectivity index (χ4v) is 3.65. The lowest BCUT2D eigenvalue weighted by atomic mass is 10.1. The molecule has 0 spiro atoms. The van der Waals surface area contributed by atoms with Gasteiger partial charge in [0.05, 0.1) is 18.3 Å². The molecule has 2 aromatic heterocycles. The van der Waals surface area contributed by atoms with Gasteiger partial charge < -0.3 is 20.1 Å². The van der Waals surface area contributed by atoms with Crippen LogP contribution in [0.2, 0.25) is 5.02 Å². The number of carboxylic acids is 1. The van der Waals surface area contributed by atoms with E-state index in [1.54, 1.807) is 35.0 Å². The number of nitrogens with zero attached hydrogens (tertiary/aromatic N) is 4. The van der Waals surface area contributed by atoms with Gasteiger partial charge in [-0.05, 0) is 25.0 Å². The Bertz CT molecular complexity index is 1020. The molecule has 0 saturated heterocycles. The van der Waals surface area contributed by atoms with E-state index in [2.05, 4.69) is 34.1 Å². The second-order valence-electron chi connectivity index (χ2n) is 6.89. The average molecular weight is 432 g/mol. The van der Waals surface area contributed by atoms with Gasteiger partial charge in [0.1, 0.15) is 17.4 Å². The van der Waals surface area contributed by atoms with E-state index in [0.29, 0.717) is 27.8 Å². The van der Waals surface area contributed by atoms with Crippen LogP contribution in [0.1, 0.15) is 38.3 Å². The van der Waals surface area contributed by atoms with Crippen molar-refractivity contribution in [2.45, 2.75) is 32.7 Å². The summed E-state index contributed by atoms with van der Waals surface area (Å²) in [5, 5.41) is 17.6. The largest absolute Gasteiger partial charge is 0.497 e. The molecule has 0 amide bonds. The van der Waals surface area contributed by atoms with E-state index in [1.807, 2.05) is 6.07 Å². The van der Waals surface area contributed by atoms with Crippen LogP contribution in [0.25, 0.3) is 5.65 Å². The first-order valence-corrected chi connectivity index (χ1v) is 10.3. The van der Waals surface area contributed by atoms with Crippen molar-refractivity contribution < 1.29 is 14.6 Å². The monoisotopic (exact) mass is 431 g/mol. The summed E-state index contributed by atoms with van der Waals surface area (Å²) in [6.07, 6.45) is 3.64. The van der Waals surface area contributed by atoms with Gasteiger partial charge >= 0.3 is 5.97 Å². The standard InChI is InChI=1S/C21H26ClN5O3/c1-4-10-26(11-5-2)19-13-17(24-18-8-9-23-27(18)19)25-20(21(28)29)15-7-6-14(30-3)12-16(15)22/h6-9,12-13,20H,4-5,10-11H2,1-3H3,(H,24,25)(H,28,29). The molecule has 1 unspecified atom stereocenters. The molecule has 0 bridgehead atoms. The summed E-state index contributed by atoms with van der Waals surface area (Å²) in [5.74, 6) is 0.803. The molecule has 0 saturated carbocycles. The van der Waals surface area contributed by atoms with E-state index < -0.39 is 12.0 Å². The van der Waals surface area contributed by atoms with Crippen molar-refractivity contribution in [1.82, 2.24) is 14.6 Å². The van der Waals surface area contributed by atoms with Crippen molar-refractivity contribution in [3.63, 3.8) is 0 Å². The molecule has 8 nitrogen and oxygen atoms in total. The molecular formula is C21H26ClN5O3. The molecular weight excluding hydrogens is 406 g/mol. The van der Waals surface area contributed by atoms with Crippen molar-refractivity contribution in [1.29, 1.82) is 0 Å². The van der Waals surface area contributed by atoms with Gasteiger partial charge in [0.2, 0.25) is 0 Å². The molecule has 0 aliphatic carbocycles. The summed E-state index contributed by atoms with van der Waals surface area (Å²) >= 11 is 6.33. The van der Waals surface area contributed by atoms with Gasteiger partial charge in [-0.3, -0.25) is 0 Å². The Balaban J connectivity index is 2.01. The number of fused-ring (bicyclic) bond motifs is 1. The summed E-state index contributed by atoms with van der Waals surface area (Å²) in [6, 6.07) is 7.48. The number of methoxy groups -OCH3 is 1. The summed E-state index contributed by atoms with van der Waals surface area (Å²) in [5.41, 5.74) is 1.07. The summed E-state index contributed by atoms with van der Waals surface area (Å²) in [4.78, 5) is 18.8. The Kier molecular flexibility index (Phi) is 6.99. The molecule has 2 N–H and O–H groups in total. The van der Waals surface area contributed by atoms with E-state index in [9.17, 15) is 9.90 Å². The number of ether oxygens (including phenoxy) is 1. The molecule has 160 valence electrons. The van der Waals surface area contributed by atoms with Crippen molar-refractivity contribution in [2.75, 3.05) is 30.4 Å². The Morgan fingerprint density at radius 3 is 2.60 bits per heavy atom. The second kappa shape index (κ2) is 9.67. The Morgan fingerprint density at radius 2 is 2.00 bits per heavy atom. The molecule has 3 aromatic rings. The van der Waals surface area contributed by atoms with Crippen LogP contribution in [0.4, 0.5) is 11.6 Å². The average Bonchev–Trinajstić information content (AvgIpc) is 3.20. The molecule has 0 aliphatic heterocycles. The number of rotatable bonds is 10. The minimum atomic E-state index is -1.07. The third-order valence-corrected chi connectivity index (χ3v) is 5.04. The van der Waals surface area contributed by atoms with Gasteiger partial charge in [-0.1, -0.05) is 31.5 Å². The fraction of sp³-hybridized carbons (Fsp3) is 0.381. The third kappa shape index (κ3) is 4.59. The number of aromatic nitrogens is 3. The lowest BCUT2D eigenvalue weighted by Crippen LogP contribution is -2.28. The number of benzene rings is 1. The Labute approximate surface area is 180 Å². The quantitative estimate of drug-likeness (QED) is 0.495. The summed E-state index contributed by atoms with van der Waals surface area (Å²) < 4.78 is 6.93. The van der Waals surface area contributed by atoms with E-state index in [0.717, 1.165) is 31.7 Å². The minimum absolute atomic E-state index is 0.304. The summed E-state index contributed by atoms with van der Waals surface area (Å²) in [7, 11) is 1.53. The smallest absolute Gasteiger partial charge is 0.330 e. The molecule has 1 aromatic carbocycles. The molecule has 9 heteroatoms. The van der Waals surface area contributed by atoms with Gasteiger partial charge in [-0.2, -0.15) is 9.61 Å². The normalized spacial score (nSPS) is 12.0. The first kappa shape index (κ1) is 21.7. The van der Waals surface area contributed by atoms with Gasteiger partial charge in [0, 0.05) is 30.8 Å². The predicted octanol–water partition coefficient (Wildman–Crippen LogP) is 4.26. The van der Waals surface area contributed by atoms with E-state index in [1.165, 1.54) is 7.11 Å². The van der Waals surface area contributed by atoms with Gasteiger partial charge in [0.25, 0.3) is 0 Å². The highest BCUT2D eigenvalue weighted by molar-refractivity contribution is 6.31. The summed E-state index contributed by atoms with van der Waals surface area (Å²) in [6.45, 7) is 5.96. The first-order chi connectivity index (χ1) is 14.5. The van der Waals surface area contributed by atoms with Crippen LogP contribution < -0.4 is 15.0 Å².